The van der Waals surface area contributed by atoms with E-state index in [-0.39, 0.29) is 31.1 Å². The van der Waals surface area contributed by atoms with Gasteiger partial charge in [0.05, 0.1) is 0 Å². The first kappa shape index (κ1) is 60.4. The van der Waals surface area contributed by atoms with E-state index in [9.17, 15) is 14.4 Å². The van der Waals surface area contributed by atoms with Gasteiger partial charge in [-0.25, -0.2) is 0 Å². The quantitative estimate of drug-likeness (QED) is 0.0344. The van der Waals surface area contributed by atoms with Crippen molar-refractivity contribution in [2.45, 2.75) is 317 Å². The molecule has 0 aliphatic rings. The van der Waals surface area contributed by atoms with Gasteiger partial charge in [0, 0.05) is 19.3 Å². The fourth-order valence-electron chi connectivity index (χ4n) is 8.49. The van der Waals surface area contributed by atoms with Crippen molar-refractivity contribution in [2.24, 2.45) is 11.8 Å². The highest BCUT2D eigenvalue weighted by atomic mass is 16.6. The van der Waals surface area contributed by atoms with Crippen LogP contribution < -0.4 is 0 Å². The second-order valence-electron chi connectivity index (χ2n) is 19.9. The zero-order valence-corrected chi connectivity index (χ0v) is 42.5. The molecule has 0 N–H and O–H groups in total. The molecular formula is C56H108O6. The molecule has 6 nitrogen and oxygen atoms in total. The van der Waals surface area contributed by atoms with Gasteiger partial charge in [0.1, 0.15) is 13.2 Å². The van der Waals surface area contributed by atoms with Gasteiger partial charge in [-0.1, -0.05) is 272 Å². The van der Waals surface area contributed by atoms with Gasteiger partial charge in [-0.15, -0.1) is 0 Å². The van der Waals surface area contributed by atoms with Gasteiger partial charge in [-0.2, -0.15) is 0 Å². The molecule has 0 bridgehead atoms. The summed E-state index contributed by atoms with van der Waals surface area (Å²) in [5.74, 6) is 0.893. The van der Waals surface area contributed by atoms with Crippen molar-refractivity contribution < 1.29 is 28.6 Å². The average Bonchev–Trinajstić information content (AvgIpc) is 3.26. The second-order valence-corrected chi connectivity index (χ2v) is 19.9. The number of carbonyl (C=O) groups is 3. The molecule has 0 aromatic carbocycles. The third-order valence-electron chi connectivity index (χ3n) is 13.1. The molecule has 0 rings (SSSR count). The van der Waals surface area contributed by atoms with Gasteiger partial charge in [0.25, 0.3) is 0 Å². The minimum atomic E-state index is -0.760. The third-order valence-corrected chi connectivity index (χ3v) is 13.1. The summed E-state index contributed by atoms with van der Waals surface area (Å²) in [6.45, 7) is 11.4. The Bertz CT molecular complexity index is 949. The topological polar surface area (TPSA) is 78.9 Å². The lowest BCUT2D eigenvalue weighted by molar-refractivity contribution is -0.167. The van der Waals surface area contributed by atoms with Crippen LogP contribution in [0.5, 0.6) is 0 Å². The Balaban J connectivity index is 4.09. The highest BCUT2D eigenvalue weighted by Crippen LogP contribution is 2.18. The third kappa shape index (κ3) is 47.9. The molecule has 62 heavy (non-hydrogen) atoms. The van der Waals surface area contributed by atoms with Crippen LogP contribution in [-0.4, -0.2) is 37.2 Å². The first-order valence-electron chi connectivity index (χ1n) is 27.8. The summed E-state index contributed by atoms with van der Waals surface area (Å²) >= 11 is 0. The summed E-state index contributed by atoms with van der Waals surface area (Å²) in [5.41, 5.74) is 0. The van der Waals surface area contributed by atoms with Crippen LogP contribution in [0.25, 0.3) is 0 Å². The van der Waals surface area contributed by atoms with Crippen LogP contribution in [0, 0.1) is 11.8 Å². The molecule has 0 aliphatic heterocycles. The monoisotopic (exact) mass is 877 g/mol. The standard InChI is InChI=1S/C56H108O6/c1-6-8-9-10-29-38-43-48-56(59)62-53(50-61-55(58)47-42-37-33-28-24-20-19-21-25-30-34-39-44-51(3)4)49-60-54(57)46-41-36-32-27-23-18-16-14-12-11-13-15-17-22-26-31-35-40-45-52(5)7-2/h51-53H,6-50H2,1-5H3/t52?,53-/m0/s1. The molecule has 0 fully saturated rings. The second kappa shape index (κ2) is 48.9. The van der Waals surface area contributed by atoms with Crippen LogP contribution in [0.15, 0.2) is 0 Å². The van der Waals surface area contributed by atoms with E-state index in [2.05, 4.69) is 34.6 Å². The predicted molar refractivity (Wildman–Crippen MR) is 266 cm³/mol. The van der Waals surface area contributed by atoms with Crippen LogP contribution >= 0.6 is 0 Å². The number of hydrogen-bond acceptors (Lipinski definition) is 6. The highest BCUT2D eigenvalue weighted by Gasteiger charge is 2.19. The van der Waals surface area contributed by atoms with E-state index in [4.69, 9.17) is 14.2 Å². The van der Waals surface area contributed by atoms with Gasteiger partial charge in [0.15, 0.2) is 6.10 Å². The Morgan fingerprint density at radius 2 is 0.613 bits per heavy atom. The van der Waals surface area contributed by atoms with Crippen LogP contribution in [0.4, 0.5) is 0 Å². The van der Waals surface area contributed by atoms with Crippen molar-refractivity contribution in [1.82, 2.24) is 0 Å². The van der Waals surface area contributed by atoms with Crippen molar-refractivity contribution in [3.8, 4) is 0 Å². The molecule has 1 unspecified atom stereocenters. The first-order valence-corrected chi connectivity index (χ1v) is 27.8. The van der Waals surface area contributed by atoms with E-state index < -0.39 is 6.10 Å². The Kier molecular flexibility index (Phi) is 47.6. The van der Waals surface area contributed by atoms with Crippen molar-refractivity contribution in [1.29, 1.82) is 0 Å². The number of carbonyl (C=O) groups excluding carboxylic acids is 3. The number of unbranched alkanes of at least 4 members (excludes halogenated alkanes) is 34. The SMILES string of the molecule is CCCCCCCCCC(=O)O[C@@H](COC(=O)CCCCCCCCCCCCCCCCCCCCC(C)CC)COC(=O)CCCCCCCCCCCCCCC(C)C. The molecule has 2 atom stereocenters. The zero-order chi connectivity index (χ0) is 45.4. The maximum absolute atomic E-state index is 12.7. The molecule has 6 heteroatoms. The molecule has 0 aromatic rings. The molecule has 0 aromatic heterocycles. The number of esters is 3. The van der Waals surface area contributed by atoms with Crippen LogP contribution in [0.2, 0.25) is 0 Å². The summed E-state index contributed by atoms with van der Waals surface area (Å²) in [6.07, 6.45) is 51.1. The minimum Gasteiger partial charge on any atom is -0.462 e. The molecule has 368 valence electrons. The molecule has 0 heterocycles. The van der Waals surface area contributed by atoms with E-state index in [1.807, 2.05) is 0 Å². The van der Waals surface area contributed by atoms with E-state index in [0.29, 0.717) is 19.3 Å². The van der Waals surface area contributed by atoms with E-state index >= 15 is 0 Å². The smallest absolute Gasteiger partial charge is 0.306 e. The van der Waals surface area contributed by atoms with E-state index in [1.54, 1.807) is 0 Å². The summed E-state index contributed by atoms with van der Waals surface area (Å²) in [6, 6.07) is 0. The Morgan fingerprint density at radius 1 is 0.339 bits per heavy atom. The lowest BCUT2D eigenvalue weighted by Crippen LogP contribution is -2.30. The number of hydrogen-bond donors (Lipinski definition) is 0. The van der Waals surface area contributed by atoms with Crippen molar-refractivity contribution in [3.05, 3.63) is 0 Å². The molecule has 0 amide bonds. The lowest BCUT2D eigenvalue weighted by atomic mass is 9.99. The molecule has 0 aliphatic carbocycles. The summed E-state index contributed by atoms with van der Waals surface area (Å²) in [4.78, 5) is 37.9. The normalized spacial score (nSPS) is 12.5. The maximum Gasteiger partial charge on any atom is 0.306 e. The Labute approximate surface area is 387 Å². The number of ether oxygens (including phenoxy) is 3. The molecule has 0 saturated carbocycles. The fraction of sp³-hybridized carbons (Fsp3) is 0.946. The average molecular weight is 877 g/mol. The Hall–Kier alpha value is -1.59. The zero-order valence-electron chi connectivity index (χ0n) is 42.5. The van der Waals surface area contributed by atoms with Crippen molar-refractivity contribution in [3.63, 3.8) is 0 Å². The van der Waals surface area contributed by atoms with Crippen molar-refractivity contribution in [2.75, 3.05) is 13.2 Å². The van der Waals surface area contributed by atoms with Crippen LogP contribution in [0.3, 0.4) is 0 Å². The highest BCUT2D eigenvalue weighted by molar-refractivity contribution is 5.71. The summed E-state index contributed by atoms with van der Waals surface area (Å²) in [5, 5.41) is 0. The van der Waals surface area contributed by atoms with Gasteiger partial charge in [-0.3, -0.25) is 14.4 Å². The van der Waals surface area contributed by atoms with Crippen LogP contribution in [-0.2, 0) is 28.6 Å². The summed E-state index contributed by atoms with van der Waals surface area (Å²) < 4.78 is 16.8. The van der Waals surface area contributed by atoms with Crippen LogP contribution in [0.1, 0.15) is 311 Å². The van der Waals surface area contributed by atoms with E-state index in [0.717, 1.165) is 69.6 Å². The predicted octanol–water partition coefficient (Wildman–Crippen LogP) is 18.1. The largest absolute Gasteiger partial charge is 0.462 e. The fourth-order valence-corrected chi connectivity index (χ4v) is 8.49. The number of rotatable bonds is 50. The maximum atomic E-state index is 12.7. The summed E-state index contributed by atoms with van der Waals surface area (Å²) in [7, 11) is 0. The Morgan fingerprint density at radius 3 is 0.919 bits per heavy atom. The minimum absolute atomic E-state index is 0.0637. The molecule has 0 radical (unpaired) electrons. The van der Waals surface area contributed by atoms with Crippen molar-refractivity contribution >= 4 is 17.9 Å². The molecule has 0 spiro atoms. The first-order chi connectivity index (χ1) is 30.3. The van der Waals surface area contributed by atoms with Gasteiger partial charge in [-0.05, 0) is 31.1 Å². The van der Waals surface area contributed by atoms with Gasteiger partial charge >= 0.3 is 17.9 Å². The molecule has 0 saturated heterocycles. The van der Waals surface area contributed by atoms with E-state index in [1.165, 1.54) is 199 Å². The molecular weight excluding hydrogens is 769 g/mol. The van der Waals surface area contributed by atoms with Gasteiger partial charge in [0.2, 0.25) is 0 Å². The lowest BCUT2D eigenvalue weighted by Gasteiger charge is -2.18. The van der Waals surface area contributed by atoms with Gasteiger partial charge < -0.3 is 14.2 Å².